The summed E-state index contributed by atoms with van der Waals surface area (Å²) in [5.74, 6) is -4.01. The van der Waals surface area contributed by atoms with Crippen LogP contribution in [0, 0.1) is 40.8 Å². The van der Waals surface area contributed by atoms with E-state index in [4.69, 9.17) is 19.8 Å². The van der Waals surface area contributed by atoms with Crippen molar-refractivity contribution in [2.24, 2.45) is 0 Å². The molecular weight excluding hydrogens is 232 g/mol. The molecular formula is C2HNdO4-. The normalized spacial score (nSPS) is 6.29. The minimum atomic E-state index is -2.07. The molecule has 0 spiro atoms. The van der Waals surface area contributed by atoms with Gasteiger partial charge in [-0.1, -0.05) is 0 Å². The zero-order valence-corrected chi connectivity index (χ0v) is 6.38. The van der Waals surface area contributed by atoms with Gasteiger partial charge in [-0.3, -0.25) is 0 Å². The number of hydrogen-bond donors (Lipinski definition) is 1. The summed E-state index contributed by atoms with van der Waals surface area (Å²) in [5.41, 5.74) is 0. The molecule has 0 aliphatic heterocycles. The molecule has 0 aliphatic carbocycles. The van der Waals surface area contributed by atoms with Crippen molar-refractivity contribution in [3.63, 3.8) is 0 Å². The van der Waals surface area contributed by atoms with Crippen LogP contribution in [0.3, 0.4) is 0 Å². The van der Waals surface area contributed by atoms with E-state index in [1.54, 1.807) is 0 Å². The zero-order chi connectivity index (χ0) is 5.15. The Morgan fingerprint density at radius 3 is 1.57 bits per heavy atom. The van der Waals surface area contributed by atoms with E-state index in [0.29, 0.717) is 0 Å². The molecule has 0 radical (unpaired) electrons. The molecule has 7 heavy (non-hydrogen) atoms. The molecule has 0 saturated carbocycles. The Morgan fingerprint density at radius 2 is 1.57 bits per heavy atom. The molecule has 0 heterocycles. The summed E-state index contributed by atoms with van der Waals surface area (Å²) in [5, 5.41) is 16.3. The Hall–Kier alpha value is 0.291. The average molecular weight is 233 g/mol. The Kier molecular flexibility index (Phi) is 6.55. The predicted molar refractivity (Wildman–Crippen MR) is 12.6 cm³/mol. The van der Waals surface area contributed by atoms with E-state index in [2.05, 4.69) is 0 Å². The number of carbonyl (C=O) groups excluding carboxylic acids is 1. The topological polar surface area (TPSA) is 77.4 Å². The van der Waals surface area contributed by atoms with Crippen LogP contribution in [0.25, 0.3) is 0 Å². The molecule has 0 aliphatic rings. The second kappa shape index (κ2) is 4.45. The summed E-state index contributed by atoms with van der Waals surface area (Å²) in [7, 11) is 0. The van der Waals surface area contributed by atoms with Crippen LogP contribution in [0.15, 0.2) is 0 Å². The first-order valence-electron chi connectivity index (χ1n) is 1.09. The first kappa shape index (κ1) is 10.3. The largest absolute Gasteiger partial charge is 0.539 e. The van der Waals surface area contributed by atoms with Gasteiger partial charge in [0.2, 0.25) is 0 Å². The first-order chi connectivity index (χ1) is 2.64. The van der Waals surface area contributed by atoms with Crippen molar-refractivity contribution >= 4 is 11.9 Å². The Bertz CT molecular complexity index is 75.7. The molecule has 0 unspecified atom stereocenters. The molecule has 0 bridgehead atoms. The minimum Gasteiger partial charge on any atom is -0.539 e. The molecule has 0 aromatic heterocycles. The van der Waals surface area contributed by atoms with Crippen LogP contribution >= 0.6 is 0 Å². The molecule has 0 aromatic rings. The Balaban J connectivity index is 0. The Morgan fingerprint density at radius 1 is 1.43 bits per heavy atom. The third-order valence-electron chi connectivity index (χ3n) is 0.175. The average Bonchev–Trinajstić information content (AvgIpc) is 1.36. The van der Waals surface area contributed by atoms with Gasteiger partial charge in [-0.05, 0) is 0 Å². The Labute approximate surface area is 72.0 Å². The van der Waals surface area contributed by atoms with Crippen LogP contribution in [-0.2, 0) is 9.59 Å². The summed E-state index contributed by atoms with van der Waals surface area (Å²) < 4.78 is 0. The quantitative estimate of drug-likeness (QED) is 0.483. The van der Waals surface area contributed by atoms with Crippen LogP contribution in [-0.4, -0.2) is 17.0 Å². The molecule has 0 rings (SSSR count). The van der Waals surface area contributed by atoms with E-state index >= 15 is 0 Å². The SMILES string of the molecule is O=C([O-])C(=O)O.[Nd]. The van der Waals surface area contributed by atoms with Crippen LogP contribution in [0.2, 0.25) is 0 Å². The molecule has 0 aromatic carbocycles. The van der Waals surface area contributed by atoms with E-state index in [1.807, 2.05) is 0 Å². The number of carboxylic acid groups (broad SMARTS) is 2. The van der Waals surface area contributed by atoms with E-state index in [-0.39, 0.29) is 40.8 Å². The summed E-state index contributed by atoms with van der Waals surface area (Å²) >= 11 is 0. The maximum atomic E-state index is 9.04. The fourth-order valence-electron chi connectivity index (χ4n) is 0. The molecule has 0 atom stereocenters. The smallest absolute Gasteiger partial charge is 0.351 e. The van der Waals surface area contributed by atoms with Gasteiger partial charge < -0.3 is 15.0 Å². The number of hydrogen-bond acceptors (Lipinski definition) is 3. The maximum Gasteiger partial charge on any atom is 0.351 e. The van der Waals surface area contributed by atoms with Gasteiger partial charge in [-0.15, -0.1) is 0 Å². The summed E-state index contributed by atoms with van der Waals surface area (Å²) in [6, 6.07) is 0. The number of rotatable bonds is 0. The van der Waals surface area contributed by atoms with Crippen molar-refractivity contribution in [2.45, 2.75) is 0 Å². The summed E-state index contributed by atoms with van der Waals surface area (Å²) in [4.78, 5) is 18.0. The first-order valence-corrected chi connectivity index (χ1v) is 1.09. The molecule has 4 nitrogen and oxygen atoms in total. The zero-order valence-electron chi connectivity index (χ0n) is 3.17. The molecule has 38 valence electrons. The van der Waals surface area contributed by atoms with Crippen LogP contribution < -0.4 is 5.11 Å². The summed E-state index contributed by atoms with van der Waals surface area (Å²) in [6.45, 7) is 0. The maximum absolute atomic E-state index is 9.04. The van der Waals surface area contributed by atoms with Gasteiger partial charge in [0.05, 0.1) is 0 Å². The predicted octanol–water partition coefficient (Wildman–Crippen LogP) is -2.18. The van der Waals surface area contributed by atoms with E-state index in [9.17, 15) is 0 Å². The van der Waals surface area contributed by atoms with Crippen molar-refractivity contribution in [3.05, 3.63) is 0 Å². The second-order valence-corrected chi connectivity index (χ2v) is 0.593. The third kappa shape index (κ3) is 6.29. The number of carboxylic acids is 2. The molecule has 5 heteroatoms. The van der Waals surface area contributed by atoms with Crippen molar-refractivity contribution in [2.75, 3.05) is 0 Å². The van der Waals surface area contributed by atoms with Gasteiger partial charge in [-0.2, -0.15) is 0 Å². The van der Waals surface area contributed by atoms with Gasteiger partial charge in [-0.25, -0.2) is 4.79 Å². The van der Waals surface area contributed by atoms with E-state index in [1.165, 1.54) is 0 Å². The van der Waals surface area contributed by atoms with Gasteiger partial charge in [0.25, 0.3) is 0 Å². The number of aliphatic carboxylic acids is 2. The number of carbonyl (C=O) groups is 2. The fourth-order valence-corrected chi connectivity index (χ4v) is 0. The van der Waals surface area contributed by atoms with Crippen molar-refractivity contribution in [3.8, 4) is 0 Å². The fraction of sp³-hybridized carbons (Fsp3) is 0. The van der Waals surface area contributed by atoms with Crippen molar-refractivity contribution < 1.29 is 60.6 Å². The second-order valence-electron chi connectivity index (χ2n) is 0.593. The standard InChI is InChI=1S/C2H2O4.Nd/c3-1(4)2(5)6;/h(H,3,4)(H,5,6);/p-1. The van der Waals surface area contributed by atoms with Gasteiger partial charge in [0.1, 0.15) is 0 Å². The van der Waals surface area contributed by atoms with Crippen LogP contribution in [0.4, 0.5) is 0 Å². The van der Waals surface area contributed by atoms with Crippen LogP contribution in [0.1, 0.15) is 0 Å². The third-order valence-corrected chi connectivity index (χ3v) is 0.175. The summed E-state index contributed by atoms with van der Waals surface area (Å²) in [6.07, 6.45) is 0. The monoisotopic (exact) mass is 231 g/mol. The van der Waals surface area contributed by atoms with Crippen molar-refractivity contribution in [1.29, 1.82) is 0 Å². The van der Waals surface area contributed by atoms with E-state index in [0.717, 1.165) is 0 Å². The van der Waals surface area contributed by atoms with Gasteiger partial charge >= 0.3 is 5.97 Å². The molecule has 0 amide bonds. The van der Waals surface area contributed by atoms with Gasteiger partial charge in [0.15, 0.2) is 5.97 Å². The van der Waals surface area contributed by atoms with Gasteiger partial charge in [0, 0.05) is 40.8 Å². The van der Waals surface area contributed by atoms with E-state index < -0.39 is 11.9 Å². The van der Waals surface area contributed by atoms with Crippen molar-refractivity contribution in [1.82, 2.24) is 0 Å². The molecule has 1 N–H and O–H groups in total. The minimum absolute atomic E-state index is 0. The van der Waals surface area contributed by atoms with Crippen LogP contribution in [0.5, 0.6) is 0 Å². The molecule has 0 fully saturated rings. The molecule has 0 saturated heterocycles.